The molecule has 1 fully saturated rings. The summed E-state index contributed by atoms with van der Waals surface area (Å²) < 4.78 is 0. The number of aliphatic hydroxyl groups excluding tert-OH is 1. The Morgan fingerprint density at radius 2 is 1.94 bits per heavy atom. The standard InChI is InChI=1S/C13H26N2O2/c1-13(2,3)6-7-14-12(17)10-15-8-4-11(16)5-9-15/h11,16H,4-10H2,1-3H3,(H,14,17). The van der Waals surface area contributed by atoms with Gasteiger partial charge in [-0.25, -0.2) is 0 Å². The van der Waals surface area contributed by atoms with Crippen molar-refractivity contribution in [1.29, 1.82) is 0 Å². The minimum absolute atomic E-state index is 0.102. The second kappa shape index (κ2) is 6.36. The Morgan fingerprint density at radius 3 is 2.47 bits per heavy atom. The monoisotopic (exact) mass is 242 g/mol. The molecule has 0 bridgehead atoms. The van der Waals surface area contributed by atoms with Crippen molar-refractivity contribution in [2.75, 3.05) is 26.2 Å². The summed E-state index contributed by atoms with van der Waals surface area (Å²) in [6.07, 6.45) is 2.40. The van der Waals surface area contributed by atoms with Crippen LogP contribution in [0, 0.1) is 5.41 Å². The zero-order valence-electron chi connectivity index (χ0n) is 11.3. The van der Waals surface area contributed by atoms with Gasteiger partial charge >= 0.3 is 0 Å². The smallest absolute Gasteiger partial charge is 0.234 e. The Labute approximate surface area is 104 Å². The molecule has 0 unspecified atom stereocenters. The Bertz CT molecular complexity index is 240. The van der Waals surface area contributed by atoms with Gasteiger partial charge < -0.3 is 10.4 Å². The fraction of sp³-hybridized carbons (Fsp3) is 0.923. The van der Waals surface area contributed by atoms with Crippen molar-refractivity contribution < 1.29 is 9.90 Å². The minimum Gasteiger partial charge on any atom is -0.393 e. The van der Waals surface area contributed by atoms with Crippen molar-refractivity contribution in [2.45, 2.75) is 46.1 Å². The molecule has 0 spiro atoms. The van der Waals surface area contributed by atoms with E-state index in [1.54, 1.807) is 0 Å². The second-order valence-electron chi connectivity index (χ2n) is 6.17. The molecule has 0 aromatic rings. The maximum atomic E-state index is 11.7. The molecule has 0 saturated carbocycles. The number of carbonyl (C=O) groups excluding carboxylic acids is 1. The molecule has 1 amide bonds. The van der Waals surface area contributed by atoms with Crippen molar-refractivity contribution >= 4 is 5.91 Å². The van der Waals surface area contributed by atoms with Crippen LogP contribution in [0.25, 0.3) is 0 Å². The predicted molar refractivity (Wildman–Crippen MR) is 68.8 cm³/mol. The lowest BCUT2D eigenvalue weighted by Gasteiger charge is -2.28. The van der Waals surface area contributed by atoms with E-state index in [0.717, 1.165) is 38.9 Å². The number of carbonyl (C=O) groups is 1. The van der Waals surface area contributed by atoms with Crippen molar-refractivity contribution in [3.05, 3.63) is 0 Å². The number of hydrogen-bond donors (Lipinski definition) is 2. The SMILES string of the molecule is CC(C)(C)CCNC(=O)CN1CCC(O)CC1. The van der Waals surface area contributed by atoms with Gasteiger partial charge in [0.2, 0.25) is 5.91 Å². The third kappa shape index (κ3) is 6.64. The van der Waals surface area contributed by atoms with Crippen LogP contribution in [-0.4, -0.2) is 48.2 Å². The highest BCUT2D eigenvalue weighted by atomic mass is 16.3. The van der Waals surface area contributed by atoms with Gasteiger partial charge in [-0.15, -0.1) is 0 Å². The molecule has 0 aromatic carbocycles. The molecule has 17 heavy (non-hydrogen) atoms. The average molecular weight is 242 g/mol. The zero-order valence-corrected chi connectivity index (χ0v) is 11.3. The minimum atomic E-state index is -0.171. The molecular weight excluding hydrogens is 216 g/mol. The van der Waals surface area contributed by atoms with E-state index in [2.05, 4.69) is 31.0 Å². The van der Waals surface area contributed by atoms with Crippen molar-refractivity contribution in [2.24, 2.45) is 5.41 Å². The molecule has 1 rings (SSSR count). The highest BCUT2D eigenvalue weighted by molar-refractivity contribution is 5.77. The zero-order chi connectivity index (χ0) is 12.9. The lowest BCUT2D eigenvalue weighted by atomic mass is 9.92. The summed E-state index contributed by atoms with van der Waals surface area (Å²) in [5.41, 5.74) is 0.266. The van der Waals surface area contributed by atoms with Crippen LogP contribution in [0.5, 0.6) is 0 Å². The van der Waals surface area contributed by atoms with E-state index >= 15 is 0 Å². The van der Waals surface area contributed by atoms with Crippen LogP contribution >= 0.6 is 0 Å². The van der Waals surface area contributed by atoms with Crippen LogP contribution in [0.15, 0.2) is 0 Å². The van der Waals surface area contributed by atoms with Crippen molar-refractivity contribution in [1.82, 2.24) is 10.2 Å². The van der Waals surface area contributed by atoms with E-state index in [4.69, 9.17) is 0 Å². The molecule has 2 N–H and O–H groups in total. The van der Waals surface area contributed by atoms with Gasteiger partial charge in [0.1, 0.15) is 0 Å². The lowest BCUT2D eigenvalue weighted by molar-refractivity contribution is -0.122. The van der Waals surface area contributed by atoms with E-state index in [1.807, 2.05) is 0 Å². The molecule has 0 aliphatic carbocycles. The number of amides is 1. The summed E-state index contributed by atoms with van der Waals surface area (Å²) in [5.74, 6) is 0.102. The van der Waals surface area contributed by atoms with Gasteiger partial charge in [0.15, 0.2) is 0 Å². The molecule has 1 aliphatic heterocycles. The third-order valence-corrected chi connectivity index (χ3v) is 3.12. The second-order valence-corrected chi connectivity index (χ2v) is 6.17. The molecule has 1 saturated heterocycles. The molecule has 4 nitrogen and oxygen atoms in total. The summed E-state index contributed by atoms with van der Waals surface area (Å²) in [6, 6.07) is 0. The van der Waals surface area contributed by atoms with Gasteiger partial charge in [-0.1, -0.05) is 20.8 Å². The largest absolute Gasteiger partial charge is 0.393 e. The Hall–Kier alpha value is -0.610. The topological polar surface area (TPSA) is 52.6 Å². The van der Waals surface area contributed by atoms with E-state index in [-0.39, 0.29) is 17.4 Å². The van der Waals surface area contributed by atoms with E-state index in [0.29, 0.717) is 6.54 Å². The Morgan fingerprint density at radius 1 is 1.35 bits per heavy atom. The molecule has 0 radical (unpaired) electrons. The number of rotatable bonds is 4. The number of hydrogen-bond acceptors (Lipinski definition) is 3. The Balaban J connectivity index is 2.13. The number of nitrogens with one attached hydrogen (secondary N) is 1. The molecule has 1 heterocycles. The highest BCUT2D eigenvalue weighted by Crippen LogP contribution is 2.16. The first-order chi connectivity index (χ1) is 7.87. The maximum Gasteiger partial charge on any atom is 0.234 e. The maximum absolute atomic E-state index is 11.7. The molecule has 4 heteroatoms. The van der Waals surface area contributed by atoms with Crippen LogP contribution in [0.2, 0.25) is 0 Å². The van der Waals surface area contributed by atoms with E-state index in [9.17, 15) is 9.90 Å². The number of piperidine rings is 1. The summed E-state index contributed by atoms with van der Waals surface area (Å²) in [4.78, 5) is 13.8. The van der Waals surface area contributed by atoms with Gasteiger partial charge in [0, 0.05) is 19.6 Å². The fourth-order valence-corrected chi connectivity index (χ4v) is 1.91. The van der Waals surface area contributed by atoms with Gasteiger partial charge in [-0.2, -0.15) is 0 Å². The first-order valence-corrected chi connectivity index (χ1v) is 6.54. The Kier molecular flexibility index (Phi) is 5.40. The van der Waals surface area contributed by atoms with E-state index < -0.39 is 0 Å². The van der Waals surface area contributed by atoms with E-state index in [1.165, 1.54) is 0 Å². The number of nitrogens with zero attached hydrogens (tertiary/aromatic N) is 1. The molecule has 0 atom stereocenters. The quantitative estimate of drug-likeness (QED) is 0.773. The average Bonchev–Trinajstić information content (AvgIpc) is 2.19. The molecule has 1 aliphatic rings. The number of aliphatic hydroxyl groups is 1. The summed E-state index contributed by atoms with van der Waals surface area (Å²) in [5, 5.41) is 12.3. The summed E-state index contributed by atoms with van der Waals surface area (Å²) in [6.45, 7) is 9.39. The van der Waals surface area contributed by atoms with Crippen molar-refractivity contribution in [3.63, 3.8) is 0 Å². The normalized spacial score (nSPS) is 19.3. The number of likely N-dealkylation sites (tertiary alicyclic amines) is 1. The third-order valence-electron chi connectivity index (χ3n) is 3.12. The van der Waals surface area contributed by atoms with Gasteiger partial charge in [-0.3, -0.25) is 9.69 Å². The van der Waals surface area contributed by atoms with Gasteiger partial charge in [0.05, 0.1) is 12.6 Å². The van der Waals surface area contributed by atoms with Crippen LogP contribution in [-0.2, 0) is 4.79 Å². The summed E-state index contributed by atoms with van der Waals surface area (Å²) in [7, 11) is 0. The molecule has 0 aromatic heterocycles. The first-order valence-electron chi connectivity index (χ1n) is 6.54. The predicted octanol–water partition coefficient (Wildman–Crippen LogP) is 0.995. The van der Waals surface area contributed by atoms with Crippen molar-refractivity contribution in [3.8, 4) is 0 Å². The molecule has 100 valence electrons. The van der Waals surface area contributed by atoms with Crippen LogP contribution in [0.1, 0.15) is 40.0 Å². The van der Waals surface area contributed by atoms with Crippen LogP contribution in [0.4, 0.5) is 0 Å². The lowest BCUT2D eigenvalue weighted by Crippen LogP contribution is -2.43. The van der Waals surface area contributed by atoms with Crippen LogP contribution in [0.3, 0.4) is 0 Å². The van der Waals surface area contributed by atoms with Crippen LogP contribution < -0.4 is 5.32 Å². The molecular formula is C13H26N2O2. The fourth-order valence-electron chi connectivity index (χ4n) is 1.91. The van der Waals surface area contributed by atoms with Gasteiger partial charge in [-0.05, 0) is 24.7 Å². The summed E-state index contributed by atoms with van der Waals surface area (Å²) >= 11 is 0. The first kappa shape index (κ1) is 14.5. The highest BCUT2D eigenvalue weighted by Gasteiger charge is 2.19. The van der Waals surface area contributed by atoms with Gasteiger partial charge in [0.25, 0.3) is 0 Å².